The van der Waals surface area contributed by atoms with Gasteiger partial charge in [0, 0.05) is 12.4 Å². The van der Waals surface area contributed by atoms with Gasteiger partial charge in [0.25, 0.3) is 0 Å². The van der Waals surface area contributed by atoms with E-state index >= 15 is 0 Å². The molecule has 0 radical (unpaired) electrons. The van der Waals surface area contributed by atoms with Crippen molar-refractivity contribution >= 4 is 11.8 Å². The summed E-state index contributed by atoms with van der Waals surface area (Å²) in [6.07, 6.45) is 0. The Labute approximate surface area is 106 Å². The van der Waals surface area contributed by atoms with Crippen molar-refractivity contribution in [1.29, 1.82) is 0 Å². The van der Waals surface area contributed by atoms with Crippen molar-refractivity contribution in [3.05, 3.63) is 23.8 Å². The molecule has 1 aromatic rings. The predicted molar refractivity (Wildman–Crippen MR) is 69.8 cm³/mol. The van der Waals surface area contributed by atoms with Crippen molar-refractivity contribution in [3.63, 3.8) is 0 Å². The molecule has 0 amide bonds. The van der Waals surface area contributed by atoms with Gasteiger partial charge in [-0.3, -0.25) is 0 Å². The first-order chi connectivity index (χ1) is 8.29. The first kappa shape index (κ1) is 12.6. The average molecular weight is 254 g/mol. The summed E-state index contributed by atoms with van der Waals surface area (Å²) < 4.78 is 11.0. The van der Waals surface area contributed by atoms with Crippen LogP contribution in [0.25, 0.3) is 0 Å². The van der Waals surface area contributed by atoms with Gasteiger partial charge in [-0.1, -0.05) is 13.0 Å². The third kappa shape index (κ3) is 3.54. The van der Waals surface area contributed by atoms with Gasteiger partial charge in [-0.2, -0.15) is 11.8 Å². The van der Waals surface area contributed by atoms with Crippen LogP contribution in [0.2, 0.25) is 0 Å². The second kappa shape index (κ2) is 6.17. The largest absolute Gasteiger partial charge is 0.486 e. The molecule has 1 aliphatic heterocycles. The first-order valence-electron chi connectivity index (χ1n) is 5.86. The highest BCUT2D eigenvalue weighted by molar-refractivity contribution is 7.98. The highest BCUT2D eigenvalue weighted by Crippen LogP contribution is 2.31. The summed E-state index contributed by atoms with van der Waals surface area (Å²) >= 11 is 1.83. The Morgan fingerprint density at radius 3 is 2.82 bits per heavy atom. The summed E-state index contributed by atoms with van der Waals surface area (Å²) in [4.78, 5) is 0. The molecular formula is C13H18O3S. The number of aliphatic hydroxyl groups excluding tert-OH is 1. The summed E-state index contributed by atoms with van der Waals surface area (Å²) in [7, 11) is 0. The number of ether oxygens (including phenoxy) is 2. The number of fused-ring (bicyclic) bond motifs is 1. The maximum Gasteiger partial charge on any atom is 0.161 e. The third-order valence-electron chi connectivity index (χ3n) is 2.59. The molecule has 1 aromatic carbocycles. The SMILES string of the molecule is CC(CO)CSCc1ccc2c(c1)OCCO2. The van der Waals surface area contributed by atoms with E-state index in [0.29, 0.717) is 19.1 Å². The molecule has 3 nitrogen and oxygen atoms in total. The van der Waals surface area contributed by atoms with Crippen LogP contribution in [0.5, 0.6) is 11.5 Å². The van der Waals surface area contributed by atoms with E-state index in [2.05, 4.69) is 13.0 Å². The normalized spacial score (nSPS) is 15.6. The van der Waals surface area contributed by atoms with E-state index in [1.807, 2.05) is 23.9 Å². The third-order valence-corrected chi connectivity index (χ3v) is 3.93. The van der Waals surface area contributed by atoms with Gasteiger partial charge in [-0.05, 0) is 29.4 Å². The number of hydrogen-bond donors (Lipinski definition) is 1. The molecule has 1 unspecified atom stereocenters. The molecule has 17 heavy (non-hydrogen) atoms. The zero-order valence-corrected chi connectivity index (χ0v) is 10.8. The Balaban J connectivity index is 1.89. The zero-order chi connectivity index (χ0) is 12.1. The van der Waals surface area contributed by atoms with Crippen LogP contribution in [0.3, 0.4) is 0 Å². The molecule has 0 fully saturated rings. The molecule has 1 heterocycles. The number of rotatable bonds is 5. The molecule has 1 aliphatic rings. The minimum absolute atomic E-state index is 0.258. The number of thioether (sulfide) groups is 1. The van der Waals surface area contributed by atoms with Gasteiger partial charge in [-0.25, -0.2) is 0 Å². The molecule has 2 rings (SSSR count). The first-order valence-corrected chi connectivity index (χ1v) is 7.02. The molecule has 0 saturated heterocycles. The van der Waals surface area contributed by atoms with E-state index in [-0.39, 0.29) is 6.61 Å². The Kier molecular flexibility index (Phi) is 4.57. The lowest BCUT2D eigenvalue weighted by Crippen LogP contribution is -2.15. The maximum atomic E-state index is 8.94. The number of benzene rings is 1. The van der Waals surface area contributed by atoms with Gasteiger partial charge < -0.3 is 14.6 Å². The van der Waals surface area contributed by atoms with Crippen LogP contribution in [0.1, 0.15) is 12.5 Å². The van der Waals surface area contributed by atoms with Crippen LogP contribution < -0.4 is 9.47 Å². The molecule has 0 aliphatic carbocycles. The molecule has 0 saturated carbocycles. The molecule has 94 valence electrons. The van der Waals surface area contributed by atoms with E-state index in [1.54, 1.807) is 0 Å². The smallest absolute Gasteiger partial charge is 0.161 e. The Morgan fingerprint density at radius 1 is 1.29 bits per heavy atom. The minimum Gasteiger partial charge on any atom is -0.486 e. The summed E-state index contributed by atoms with van der Waals surface area (Å²) in [6, 6.07) is 6.09. The van der Waals surface area contributed by atoms with E-state index in [1.165, 1.54) is 5.56 Å². The highest BCUT2D eigenvalue weighted by atomic mass is 32.2. The van der Waals surface area contributed by atoms with E-state index < -0.39 is 0 Å². The van der Waals surface area contributed by atoms with Gasteiger partial charge in [0.1, 0.15) is 13.2 Å². The molecule has 1 N–H and O–H groups in total. The molecular weight excluding hydrogens is 236 g/mol. The van der Waals surface area contributed by atoms with Crippen molar-refractivity contribution in [1.82, 2.24) is 0 Å². The zero-order valence-electron chi connectivity index (χ0n) is 10.0. The molecule has 4 heteroatoms. The lowest BCUT2D eigenvalue weighted by Gasteiger charge is -2.18. The molecule has 0 bridgehead atoms. The standard InChI is InChI=1S/C13H18O3S/c1-10(7-14)8-17-9-11-2-3-12-13(6-11)16-5-4-15-12/h2-3,6,10,14H,4-5,7-9H2,1H3. The summed E-state index contributed by atoms with van der Waals surface area (Å²) in [6.45, 7) is 3.57. The van der Waals surface area contributed by atoms with Crippen LogP contribution >= 0.6 is 11.8 Å². The fourth-order valence-corrected chi connectivity index (χ4v) is 2.65. The van der Waals surface area contributed by atoms with Crippen LogP contribution in [0.15, 0.2) is 18.2 Å². The quantitative estimate of drug-likeness (QED) is 0.875. The number of aliphatic hydroxyl groups is 1. The van der Waals surface area contributed by atoms with E-state index in [9.17, 15) is 0 Å². The molecule has 0 aromatic heterocycles. The predicted octanol–water partition coefficient (Wildman–Crippen LogP) is 2.32. The summed E-state index contributed by atoms with van der Waals surface area (Å²) in [5, 5.41) is 8.94. The Bertz CT molecular complexity index is 368. The van der Waals surface area contributed by atoms with Gasteiger partial charge in [0.2, 0.25) is 0 Å². The van der Waals surface area contributed by atoms with Crippen LogP contribution in [-0.2, 0) is 5.75 Å². The van der Waals surface area contributed by atoms with Gasteiger partial charge in [0.15, 0.2) is 11.5 Å². The van der Waals surface area contributed by atoms with E-state index in [4.69, 9.17) is 14.6 Å². The van der Waals surface area contributed by atoms with E-state index in [0.717, 1.165) is 23.0 Å². The van der Waals surface area contributed by atoms with Crippen molar-refractivity contribution in [2.24, 2.45) is 5.92 Å². The lowest BCUT2D eigenvalue weighted by molar-refractivity contribution is 0.171. The summed E-state index contributed by atoms with van der Waals surface area (Å²) in [5.41, 5.74) is 1.24. The number of hydrogen-bond acceptors (Lipinski definition) is 4. The fraction of sp³-hybridized carbons (Fsp3) is 0.538. The monoisotopic (exact) mass is 254 g/mol. The van der Waals surface area contributed by atoms with Crippen molar-refractivity contribution in [2.75, 3.05) is 25.6 Å². The van der Waals surface area contributed by atoms with Gasteiger partial charge in [-0.15, -0.1) is 0 Å². The fourth-order valence-electron chi connectivity index (χ4n) is 1.61. The summed E-state index contributed by atoms with van der Waals surface area (Å²) in [5.74, 6) is 3.97. The Morgan fingerprint density at radius 2 is 2.06 bits per heavy atom. The molecule has 1 atom stereocenters. The van der Waals surface area contributed by atoms with Gasteiger partial charge >= 0.3 is 0 Å². The van der Waals surface area contributed by atoms with Crippen molar-refractivity contribution < 1.29 is 14.6 Å². The molecule has 0 spiro atoms. The van der Waals surface area contributed by atoms with Crippen molar-refractivity contribution in [2.45, 2.75) is 12.7 Å². The van der Waals surface area contributed by atoms with Crippen LogP contribution in [0, 0.1) is 5.92 Å². The minimum atomic E-state index is 0.258. The van der Waals surface area contributed by atoms with Gasteiger partial charge in [0.05, 0.1) is 0 Å². The van der Waals surface area contributed by atoms with Crippen LogP contribution in [-0.4, -0.2) is 30.7 Å². The lowest BCUT2D eigenvalue weighted by atomic mass is 10.2. The topological polar surface area (TPSA) is 38.7 Å². The average Bonchev–Trinajstić information content (AvgIpc) is 2.38. The second-order valence-electron chi connectivity index (χ2n) is 4.28. The second-order valence-corrected chi connectivity index (χ2v) is 5.31. The highest BCUT2D eigenvalue weighted by Gasteiger charge is 2.11. The van der Waals surface area contributed by atoms with Crippen LogP contribution in [0.4, 0.5) is 0 Å². The van der Waals surface area contributed by atoms with Crippen molar-refractivity contribution in [3.8, 4) is 11.5 Å². The Hall–Kier alpha value is -0.870. The maximum absolute atomic E-state index is 8.94.